The zero-order valence-corrected chi connectivity index (χ0v) is 10.9. The van der Waals surface area contributed by atoms with Crippen molar-refractivity contribution in [2.75, 3.05) is 20.2 Å². The molecule has 1 aliphatic heterocycles. The fourth-order valence-electron chi connectivity index (χ4n) is 2.22. The zero-order valence-electron chi connectivity index (χ0n) is 10.9. The molecule has 18 heavy (non-hydrogen) atoms. The molecule has 0 saturated carbocycles. The number of piperidine rings is 1. The van der Waals surface area contributed by atoms with Crippen molar-refractivity contribution >= 4 is 5.96 Å². The molecule has 4 heteroatoms. The van der Waals surface area contributed by atoms with Crippen LogP contribution >= 0.6 is 0 Å². The Hall–Kier alpha value is -1.71. The first-order chi connectivity index (χ1) is 8.81. The molecule has 1 heterocycles. The van der Waals surface area contributed by atoms with Gasteiger partial charge in [-0.2, -0.15) is 0 Å². The van der Waals surface area contributed by atoms with Gasteiger partial charge in [-0.1, -0.05) is 18.2 Å². The van der Waals surface area contributed by atoms with E-state index < -0.39 is 0 Å². The monoisotopic (exact) mass is 247 g/mol. The van der Waals surface area contributed by atoms with Crippen LogP contribution in [0.15, 0.2) is 29.3 Å². The first kappa shape index (κ1) is 12.7. The van der Waals surface area contributed by atoms with Crippen molar-refractivity contribution in [3.63, 3.8) is 0 Å². The molecule has 1 fully saturated rings. The third-order valence-corrected chi connectivity index (χ3v) is 3.28. The number of para-hydroxylation sites is 1. The zero-order chi connectivity index (χ0) is 12.8. The highest BCUT2D eigenvalue weighted by atomic mass is 16.5. The Morgan fingerprint density at radius 1 is 1.28 bits per heavy atom. The van der Waals surface area contributed by atoms with E-state index in [0.717, 1.165) is 24.4 Å². The van der Waals surface area contributed by atoms with Crippen molar-refractivity contribution in [1.29, 1.82) is 0 Å². The first-order valence-electron chi connectivity index (χ1n) is 6.48. The lowest BCUT2D eigenvalue weighted by Gasteiger charge is -2.27. The summed E-state index contributed by atoms with van der Waals surface area (Å²) < 4.78 is 5.30. The average Bonchev–Trinajstić information content (AvgIpc) is 2.46. The molecule has 2 N–H and O–H groups in total. The summed E-state index contributed by atoms with van der Waals surface area (Å²) in [4.78, 5) is 6.63. The largest absolute Gasteiger partial charge is 0.496 e. The second-order valence-electron chi connectivity index (χ2n) is 4.53. The van der Waals surface area contributed by atoms with Gasteiger partial charge in [0, 0.05) is 18.7 Å². The Morgan fingerprint density at radius 2 is 2.00 bits per heavy atom. The number of benzene rings is 1. The molecule has 98 valence electrons. The normalized spacial score (nSPS) is 16.7. The number of guanidine groups is 1. The summed E-state index contributed by atoms with van der Waals surface area (Å²) in [5, 5.41) is 0. The number of aliphatic imine (C=N–C) groups is 1. The van der Waals surface area contributed by atoms with E-state index >= 15 is 0 Å². The van der Waals surface area contributed by atoms with Gasteiger partial charge >= 0.3 is 0 Å². The highest BCUT2D eigenvalue weighted by Gasteiger charge is 2.11. The van der Waals surface area contributed by atoms with Crippen LogP contribution in [0.5, 0.6) is 5.75 Å². The van der Waals surface area contributed by atoms with Gasteiger partial charge in [0.05, 0.1) is 13.7 Å². The molecule has 0 atom stereocenters. The van der Waals surface area contributed by atoms with Gasteiger partial charge in [0.1, 0.15) is 5.75 Å². The first-order valence-corrected chi connectivity index (χ1v) is 6.48. The third kappa shape index (κ3) is 3.15. The van der Waals surface area contributed by atoms with E-state index in [4.69, 9.17) is 10.5 Å². The minimum absolute atomic E-state index is 0.576. The molecule has 0 spiro atoms. The molecule has 0 amide bonds. The summed E-state index contributed by atoms with van der Waals surface area (Å²) in [7, 11) is 1.68. The lowest BCUT2D eigenvalue weighted by Crippen LogP contribution is -2.40. The number of hydrogen-bond acceptors (Lipinski definition) is 2. The maximum Gasteiger partial charge on any atom is 0.191 e. The summed E-state index contributed by atoms with van der Waals surface area (Å²) in [6.07, 6.45) is 3.73. The molecule has 1 aromatic rings. The Balaban J connectivity index is 2.00. The summed E-state index contributed by atoms with van der Waals surface area (Å²) >= 11 is 0. The van der Waals surface area contributed by atoms with Crippen LogP contribution < -0.4 is 10.5 Å². The molecule has 0 radical (unpaired) electrons. The SMILES string of the molecule is COc1ccccc1CN=C(N)N1CCCCC1. The van der Waals surface area contributed by atoms with Crippen LogP contribution in [0.25, 0.3) is 0 Å². The standard InChI is InChI=1S/C14H21N3O/c1-18-13-8-4-3-7-12(13)11-16-14(15)17-9-5-2-6-10-17/h3-4,7-8H,2,5-6,9-11H2,1H3,(H2,15,16). The number of ether oxygens (including phenoxy) is 1. The van der Waals surface area contributed by atoms with Crippen LogP contribution in [0.3, 0.4) is 0 Å². The third-order valence-electron chi connectivity index (χ3n) is 3.28. The van der Waals surface area contributed by atoms with Gasteiger partial charge in [-0.3, -0.25) is 0 Å². The predicted molar refractivity (Wildman–Crippen MR) is 73.7 cm³/mol. The molecule has 1 saturated heterocycles. The lowest BCUT2D eigenvalue weighted by atomic mass is 10.1. The van der Waals surface area contributed by atoms with Crippen molar-refractivity contribution < 1.29 is 4.74 Å². The maximum absolute atomic E-state index is 6.02. The second-order valence-corrected chi connectivity index (χ2v) is 4.53. The molecule has 0 bridgehead atoms. The number of rotatable bonds is 3. The van der Waals surface area contributed by atoms with Crippen molar-refractivity contribution in [3.8, 4) is 5.75 Å². The van der Waals surface area contributed by atoms with Gasteiger partial charge in [-0.15, -0.1) is 0 Å². The predicted octanol–water partition coefficient (Wildman–Crippen LogP) is 2.00. The summed E-state index contributed by atoms with van der Waals surface area (Å²) in [5.74, 6) is 1.52. The average molecular weight is 247 g/mol. The van der Waals surface area contributed by atoms with E-state index in [-0.39, 0.29) is 0 Å². The van der Waals surface area contributed by atoms with E-state index in [0.29, 0.717) is 12.5 Å². The number of nitrogens with two attached hydrogens (primary N) is 1. The fraction of sp³-hybridized carbons (Fsp3) is 0.500. The van der Waals surface area contributed by atoms with E-state index in [2.05, 4.69) is 9.89 Å². The molecule has 2 rings (SSSR count). The van der Waals surface area contributed by atoms with Crippen LogP contribution in [0, 0.1) is 0 Å². The maximum atomic E-state index is 6.02. The van der Waals surface area contributed by atoms with Crippen molar-refractivity contribution in [3.05, 3.63) is 29.8 Å². The highest BCUT2D eigenvalue weighted by Crippen LogP contribution is 2.18. The molecule has 1 aromatic carbocycles. The molecular weight excluding hydrogens is 226 g/mol. The Morgan fingerprint density at radius 3 is 2.72 bits per heavy atom. The summed E-state index contributed by atoms with van der Waals surface area (Å²) in [6.45, 7) is 2.63. The van der Waals surface area contributed by atoms with E-state index in [1.807, 2.05) is 24.3 Å². The molecule has 1 aliphatic rings. The Labute approximate surface area is 108 Å². The topological polar surface area (TPSA) is 50.9 Å². The van der Waals surface area contributed by atoms with E-state index in [1.165, 1.54) is 19.3 Å². The van der Waals surface area contributed by atoms with E-state index in [9.17, 15) is 0 Å². The quantitative estimate of drug-likeness (QED) is 0.656. The van der Waals surface area contributed by atoms with Crippen molar-refractivity contribution in [2.24, 2.45) is 10.7 Å². The molecule has 4 nitrogen and oxygen atoms in total. The van der Waals surface area contributed by atoms with Gasteiger partial charge in [0.15, 0.2) is 5.96 Å². The second kappa shape index (κ2) is 6.28. The minimum Gasteiger partial charge on any atom is -0.496 e. The smallest absolute Gasteiger partial charge is 0.191 e. The molecule has 0 unspecified atom stereocenters. The highest BCUT2D eigenvalue weighted by molar-refractivity contribution is 5.78. The minimum atomic E-state index is 0.576. The van der Waals surface area contributed by atoms with Crippen LogP contribution in [-0.2, 0) is 6.54 Å². The number of nitrogens with zero attached hydrogens (tertiary/aromatic N) is 2. The van der Waals surface area contributed by atoms with Gasteiger partial charge < -0.3 is 15.4 Å². The van der Waals surface area contributed by atoms with Gasteiger partial charge in [-0.25, -0.2) is 4.99 Å². The lowest BCUT2D eigenvalue weighted by molar-refractivity contribution is 0.338. The van der Waals surface area contributed by atoms with Crippen LogP contribution in [-0.4, -0.2) is 31.1 Å². The Bertz CT molecular complexity index is 411. The molecule has 0 aliphatic carbocycles. The summed E-state index contributed by atoms with van der Waals surface area (Å²) in [5.41, 5.74) is 7.09. The number of hydrogen-bond donors (Lipinski definition) is 1. The summed E-state index contributed by atoms with van der Waals surface area (Å²) in [6, 6.07) is 7.91. The van der Waals surface area contributed by atoms with Gasteiger partial charge in [-0.05, 0) is 25.3 Å². The van der Waals surface area contributed by atoms with Gasteiger partial charge in [0.2, 0.25) is 0 Å². The molecule has 0 aromatic heterocycles. The van der Waals surface area contributed by atoms with Crippen LogP contribution in [0.2, 0.25) is 0 Å². The number of likely N-dealkylation sites (tertiary alicyclic amines) is 1. The number of methoxy groups -OCH3 is 1. The van der Waals surface area contributed by atoms with Gasteiger partial charge in [0.25, 0.3) is 0 Å². The van der Waals surface area contributed by atoms with Crippen LogP contribution in [0.1, 0.15) is 24.8 Å². The fourth-order valence-corrected chi connectivity index (χ4v) is 2.22. The van der Waals surface area contributed by atoms with E-state index in [1.54, 1.807) is 7.11 Å². The molecular formula is C14H21N3O. The van der Waals surface area contributed by atoms with Crippen molar-refractivity contribution in [1.82, 2.24) is 4.90 Å². The Kier molecular flexibility index (Phi) is 4.45. The van der Waals surface area contributed by atoms with Crippen LogP contribution in [0.4, 0.5) is 0 Å². The van der Waals surface area contributed by atoms with Crippen molar-refractivity contribution in [2.45, 2.75) is 25.8 Å².